The Bertz CT molecular complexity index is 275. The Kier molecular flexibility index (Phi) is 7.14. The molecule has 0 radical (unpaired) electrons. The predicted octanol–water partition coefficient (Wildman–Crippen LogP) is 1.38. The molecule has 1 aliphatic carbocycles. The number of hydrogen-bond donors (Lipinski definition) is 2. The van der Waals surface area contributed by atoms with Crippen LogP contribution in [0.15, 0.2) is 0 Å². The summed E-state index contributed by atoms with van der Waals surface area (Å²) in [6.45, 7) is 0.689. The van der Waals surface area contributed by atoms with Crippen molar-refractivity contribution in [1.82, 2.24) is 5.32 Å². The third-order valence-electron chi connectivity index (χ3n) is 3.14. The molecule has 0 bridgehead atoms. The van der Waals surface area contributed by atoms with Crippen molar-refractivity contribution in [2.24, 2.45) is 11.7 Å². The van der Waals surface area contributed by atoms with E-state index >= 15 is 0 Å². The third-order valence-corrected chi connectivity index (χ3v) is 4.00. The molecule has 1 aliphatic rings. The van der Waals surface area contributed by atoms with Gasteiger partial charge in [-0.25, -0.2) is 0 Å². The first kappa shape index (κ1) is 14.4. The summed E-state index contributed by atoms with van der Waals surface area (Å²) in [6, 6.07) is 0.0378. The molecule has 0 spiro atoms. The molecule has 0 aromatic rings. The molecule has 1 amide bonds. The number of carbonyl (C=O) groups is 1. The second-order valence-electron chi connectivity index (χ2n) is 4.46. The van der Waals surface area contributed by atoms with Crippen LogP contribution in [0.4, 0.5) is 0 Å². The van der Waals surface area contributed by atoms with Crippen LogP contribution in [0.2, 0.25) is 0 Å². The average molecular weight is 254 g/mol. The van der Waals surface area contributed by atoms with Crippen molar-refractivity contribution in [3.05, 3.63) is 0 Å². The summed E-state index contributed by atoms with van der Waals surface area (Å²) in [6.07, 6.45) is 10.5. The SMILES string of the molecule is C#CCSCCNC(=O)C1CCCCCC1N. The Balaban J connectivity index is 2.23. The van der Waals surface area contributed by atoms with Gasteiger partial charge in [0.05, 0.1) is 11.7 Å². The minimum Gasteiger partial charge on any atom is -0.355 e. The van der Waals surface area contributed by atoms with Crippen molar-refractivity contribution in [2.75, 3.05) is 18.1 Å². The molecule has 0 aromatic carbocycles. The molecule has 3 N–H and O–H groups in total. The summed E-state index contributed by atoms with van der Waals surface area (Å²) in [5, 5.41) is 2.96. The molecular weight excluding hydrogens is 232 g/mol. The van der Waals surface area contributed by atoms with Crippen LogP contribution in [0.25, 0.3) is 0 Å². The molecule has 1 saturated carbocycles. The maximum atomic E-state index is 12.0. The van der Waals surface area contributed by atoms with Gasteiger partial charge in [0.1, 0.15) is 0 Å². The Labute approximate surface area is 108 Å². The lowest BCUT2D eigenvalue weighted by atomic mass is 9.95. The summed E-state index contributed by atoms with van der Waals surface area (Å²) in [5.41, 5.74) is 6.04. The fourth-order valence-corrected chi connectivity index (χ4v) is 2.68. The molecular formula is C13H22N2OS. The second-order valence-corrected chi connectivity index (χ2v) is 5.56. The van der Waals surface area contributed by atoms with Gasteiger partial charge in [-0.15, -0.1) is 18.2 Å². The Morgan fingerprint density at radius 3 is 2.94 bits per heavy atom. The van der Waals surface area contributed by atoms with E-state index in [0.29, 0.717) is 12.3 Å². The van der Waals surface area contributed by atoms with Crippen LogP contribution in [0.3, 0.4) is 0 Å². The molecule has 4 heteroatoms. The van der Waals surface area contributed by atoms with Crippen LogP contribution in [-0.4, -0.2) is 30.0 Å². The monoisotopic (exact) mass is 254 g/mol. The summed E-state index contributed by atoms with van der Waals surface area (Å²) in [5.74, 6) is 4.28. The van der Waals surface area contributed by atoms with Crippen molar-refractivity contribution in [3.8, 4) is 12.3 Å². The molecule has 3 nitrogen and oxygen atoms in total. The van der Waals surface area contributed by atoms with E-state index in [-0.39, 0.29) is 17.9 Å². The highest BCUT2D eigenvalue weighted by molar-refractivity contribution is 7.99. The van der Waals surface area contributed by atoms with Crippen molar-refractivity contribution in [1.29, 1.82) is 0 Å². The number of nitrogens with two attached hydrogens (primary N) is 1. The van der Waals surface area contributed by atoms with E-state index in [4.69, 9.17) is 12.2 Å². The smallest absolute Gasteiger partial charge is 0.224 e. The van der Waals surface area contributed by atoms with Crippen molar-refractivity contribution < 1.29 is 4.79 Å². The standard InChI is InChI=1S/C13H22N2OS/c1-2-9-17-10-8-15-13(16)11-6-4-3-5-7-12(11)14/h1,11-12H,3-10,14H2,(H,15,16). The molecule has 0 aliphatic heterocycles. The highest BCUT2D eigenvalue weighted by Crippen LogP contribution is 2.22. The highest BCUT2D eigenvalue weighted by Gasteiger charge is 2.26. The zero-order valence-electron chi connectivity index (χ0n) is 10.3. The molecule has 2 unspecified atom stereocenters. The van der Waals surface area contributed by atoms with Gasteiger partial charge in [-0.3, -0.25) is 4.79 Å². The van der Waals surface area contributed by atoms with E-state index < -0.39 is 0 Å². The topological polar surface area (TPSA) is 55.1 Å². The Morgan fingerprint density at radius 2 is 2.18 bits per heavy atom. The number of nitrogens with one attached hydrogen (secondary N) is 1. The van der Waals surface area contributed by atoms with E-state index in [1.54, 1.807) is 11.8 Å². The van der Waals surface area contributed by atoms with Crippen LogP contribution in [0, 0.1) is 18.3 Å². The molecule has 0 aromatic heterocycles. The van der Waals surface area contributed by atoms with E-state index in [1.165, 1.54) is 6.42 Å². The number of hydrogen-bond acceptors (Lipinski definition) is 3. The molecule has 2 atom stereocenters. The van der Waals surface area contributed by atoms with Gasteiger partial charge in [0, 0.05) is 18.3 Å². The molecule has 0 heterocycles. The van der Waals surface area contributed by atoms with Crippen LogP contribution in [-0.2, 0) is 4.79 Å². The van der Waals surface area contributed by atoms with Crippen molar-refractivity contribution in [3.63, 3.8) is 0 Å². The van der Waals surface area contributed by atoms with Gasteiger partial charge in [-0.2, -0.15) is 0 Å². The molecule has 0 saturated heterocycles. The summed E-state index contributed by atoms with van der Waals surface area (Å²) < 4.78 is 0. The van der Waals surface area contributed by atoms with Crippen LogP contribution >= 0.6 is 11.8 Å². The number of terminal acetylenes is 1. The number of rotatable bonds is 5. The number of amides is 1. The zero-order valence-corrected chi connectivity index (χ0v) is 11.1. The van der Waals surface area contributed by atoms with Gasteiger partial charge in [0.2, 0.25) is 5.91 Å². The van der Waals surface area contributed by atoms with E-state index in [0.717, 1.165) is 31.4 Å². The maximum Gasteiger partial charge on any atom is 0.224 e. The van der Waals surface area contributed by atoms with Gasteiger partial charge < -0.3 is 11.1 Å². The van der Waals surface area contributed by atoms with Gasteiger partial charge in [-0.05, 0) is 12.8 Å². The van der Waals surface area contributed by atoms with E-state index in [2.05, 4.69) is 11.2 Å². The van der Waals surface area contributed by atoms with Crippen molar-refractivity contribution >= 4 is 17.7 Å². The molecule has 17 heavy (non-hydrogen) atoms. The lowest BCUT2D eigenvalue weighted by molar-refractivity contribution is -0.125. The van der Waals surface area contributed by atoms with Gasteiger partial charge in [-0.1, -0.05) is 25.2 Å². The molecule has 1 fully saturated rings. The third kappa shape index (κ3) is 5.47. The lowest BCUT2D eigenvalue weighted by Crippen LogP contribution is -2.41. The Hall–Kier alpha value is -0.660. The fraction of sp³-hybridized carbons (Fsp3) is 0.769. The molecule has 1 rings (SSSR count). The lowest BCUT2D eigenvalue weighted by Gasteiger charge is -2.20. The first-order valence-electron chi connectivity index (χ1n) is 6.30. The van der Waals surface area contributed by atoms with Crippen molar-refractivity contribution in [2.45, 2.75) is 38.1 Å². The van der Waals surface area contributed by atoms with Crippen LogP contribution in [0.5, 0.6) is 0 Å². The van der Waals surface area contributed by atoms with Gasteiger partial charge in [0.25, 0.3) is 0 Å². The van der Waals surface area contributed by atoms with Crippen LogP contribution < -0.4 is 11.1 Å². The van der Waals surface area contributed by atoms with Crippen LogP contribution in [0.1, 0.15) is 32.1 Å². The Morgan fingerprint density at radius 1 is 1.41 bits per heavy atom. The number of carbonyl (C=O) groups excluding carboxylic acids is 1. The van der Waals surface area contributed by atoms with E-state index in [9.17, 15) is 4.79 Å². The summed E-state index contributed by atoms with van der Waals surface area (Å²) in [4.78, 5) is 12.0. The highest BCUT2D eigenvalue weighted by atomic mass is 32.2. The summed E-state index contributed by atoms with van der Waals surface area (Å²) >= 11 is 1.66. The van der Waals surface area contributed by atoms with E-state index in [1.807, 2.05) is 0 Å². The predicted molar refractivity (Wildman–Crippen MR) is 73.7 cm³/mol. The normalized spacial score (nSPS) is 24.7. The van der Waals surface area contributed by atoms with Gasteiger partial charge in [0.15, 0.2) is 0 Å². The largest absolute Gasteiger partial charge is 0.355 e. The fourth-order valence-electron chi connectivity index (χ4n) is 2.17. The first-order chi connectivity index (χ1) is 8.25. The number of thioether (sulfide) groups is 1. The quantitative estimate of drug-likeness (QED) is 0.443. The first-order valence-corrected chi connectivity index (χ1v) is 7.45. The second kappa shape index (κ2) is 8.43. The minimum atomic E-state index is 0.00938. The average Bonchev–Trinajstić information content (AvgIpc) is 2.53. The molecule has 96 valence electrons. The van der Waals surface area contributed by atoms with Gasteiger partial charge >= 0.3 is 0 Å². The zero-order chi connectivity index (χ0) is 12.5. The minimum absolute atomic E-state index is 0.00938. The summed E-state index contributed by atoms with van der Waals surface area (Å²) in [7, 11) is 0. The maximum absolute atomic E-state index is 12.0.